The van der Waals surface area contributed by atoms with E-state index in [1.165, 1.54) is 0 Å². The van der Waals surface area contributed by atoms with Crippen LogP contribution in [0.3, 0.4) is 0 Å². The first-order valence-electron chi connectivity index (χ1n) is 5.55. The number of aromatic nitrogens is 2. The molecule has 4 N–H and O–H groups in total. The monoisotopic (exact) mass is 254 g/mol. The number of H-pyrrole nitrogens is 1. The van der Waals surface area contributed by atoms with Crippen molar-refractivity contribution in [2.75, 3.05) is 0 Å². The topological polar surface area (TPSA) is 107 Å². The molecule has 0 saturated heterocycles. The molecular weight excluding hydrogens is 236 g/mol. The molecule has 1 heterocycles. The number of carbonyl (C=O) groups is 2. The maximum atomic E-state index is 11.6. The predicted octanol–water partition coefficient (Wildman–Crippen LogP) is 0.708. The fraction of sp³-hybridized carbons (Fsp3) is 0.545. The quantitative estimate of drug-likeness (QED) is 0.634. The van der Waals surface area contributed by atoms with E-state index in [0.717, 1.165) is 5.56 Å². The van der Waals surface area contributed by atoms with Gasteiger partial charge in [0.1, 0.15) is 6.04 Å². The van der Waals surface area contributed by atoms with Gasteiger partial charge in [0.15, 0.2) is 0 Å². The number of urea groups is 1. The van der Waals surface area contributed by atoms with Crippen LogP contribution in [0.2, 0.25) is 0 Å². The van der Waals surface area contributed by atoms with E-state index >= 15 is 0 Å². The van der Waals surface area contributed by atoms with Gasteiger partial charge in [-0.2, -0.15) is 5.10 Å². The molecule has 18 heavy (non-hydrogen) atoms. The Bertz CT molecular complexity index is 408. The average molecular weight is 254 g/mol. The molecule has 0 spiro atoms. The molecule has 1 atom stereocenters. The first-order valence-corrected chi connectivity index (χ1v) is 5.55. The Balaban J connectivity index is 2.49. The minimum absolute atomic E-state index is 0.290. The van der Waals surface area contributed by atoms with Crippen molar-refractivity contribution in [3.63, 3.8) is 0 Å². The number of aromatic amines is 1. The van der Waals surface area contributed by atoms with Gasteiger partial charge in [0.2, 0.25) is 0 Å². The second-order valence-corrected chi connectivity index (χ2v) is 5.07. The smallest absolute Gasteiger partial charge is 0.326 e. The number of carbonyl (C=O) groups excluding carboxylic acids is 1. The Labute approximate surface area is 105 Å². The zero-order chi connectivity index (χ0) is 13.8. The average Bonchev–Trinajstić information content (AvgIpc) is 2.73. The largest absolute Gasteiger partial charge is 0.480 e. The fourth-order valence-electron chi connectivity index (χ4n) is 1.39. The number of rotatable bonds is 4. The lowest BCUT2D eigenvalue weighted by Gasteiger charge is -2.27. The summed E-state index contributed by atoms with van der Waals surface area (Å²) in [4.78, 5) is 22.6. The number of carboxylic acid groups (broad SMARTS) is 1. The van der Waals surface area contributed by atoms with E-state index in [4.69, 9.17) is 5.11 Å². The summed E-state index contributed by atoms with van der Waals surface area (Å²) in [7, 11) is 0. The van der Waals surface area contributed by atoms with E-state index in [0.29, 0.717) is 6.54 Å². The summed E-state index contributed by atoms with van der Waals surface area (Å²) >= 11 is 0. The van der Waals surface area contributed by atoms with Crippen LogP contribution in [0.25, 0.3) is 0 Å². The maximum absolute atomic E-state index is 11.6. The Kier molecular flexibility index (Phi) is 4.30. The fourth-order valence-corrected chi connectivity index (χ4v) is 1.39. The highest BCUT2D eigenvalue weighted by atomic mass is 16.4. The Hall–Kier alpha value is -2.05. The first kappa shape index (κ1) is 14.0. The van der Waals surface area contributed by atoms with E-state index in [1.54, 1.807) is 33.2 Å². The first-order chi connectivity index (χ1) is 8.30. The van der Waals surface area contributed by atoms with Crippen LogP contribution < -0.4 is 10.6 Å². The lowest BCUT2D eigenvalue weighted by molar-refractivity contribution is -0.141. The van der Waals surface area contributed by atoms with Gasteiger partial charge in [-0.05, 0) is 5.41 Å². The number of carboxylic acids is 1. The summed E-state index contributed by atoms with van der Waals surface area (Å²) in [5, 5.41) is 20.4. The Morgan fingerprint density at radius 3 is 2.61 bits per heavy atom. The molecule has 0 bridgehead atoms. The van der Waals surface area contributed by atoms with Crippen LogP contribution in [-0.4, -0.2) is 33.3 Å². The van der Waals surface area contributed by atoms with Gasteiger partial charge in [-0.15, -0.1) is 0 Å². The third-order valence-corrected chi connectivity index (χ3v) is 2.40. The lowest BCUT2D eigenvalue weighted by Crippen LogP contribution is -2.52. The van der Waals surface area contributed by atoms with Crippen LogP contribution in [-0.2, 0) is 11.3 Å². The molecule has 7 nitrogen and oxygen atoms in total. The van der Waals surface area contributed by atoms with Crippen molar-refractivity contribution in [3.05, 3.63) is 18.0 Å². The zero-order valence-corrected chi connectivity index (χ0v) is 10.7. The number of nitrogens with zero attached hydrogens (tertiary/aromatic N) is 1. The second-order valence-electron chi connectivity index (χ2n) is 5.07. The van der Waals surface area contributed by atoms with E-state index in [9.17, 15) is 9.59 Å². The number of amides is 2. The molecule has 0 aliphatic heterocycles. The molecule has 1 rings (SSSR count). The van der Waals surface area contributed by atoms with Crippen LogP contribution in [0, 0.1) is 5.41 Å². The molecule has 0 fully saturated rings. The van der Waals surface area contributed by atoms with Crippen LogP contribution in [0.15, 0.2) is 12.4 Å². The van der Waals surface area contributed by atoms with Gasteiger partial charge < -0.3 is 15.7 Å². The van der Waals surface area contributed by atoms with Crippen molar-refractivity contribution in [1.82, 2.24) is 20.8 Å². The summed E-state index contributed by atoms with van der Waals surface area (Å²) in [6.07, 6.45) is 3.23. The van der Waals surface area contributed by atoms with Gasteiger partial charge in [-0.25, -0.2) is 9.59 Å². The van der Waals surface area contributed by atoms with Gasteiger partial charge in [-0.1, -0.05) is 20.8 Å². The minimum atomic E-state index is -1.05. The van der Waals surface area contributed by atoms with E-state index < -0.39 is 23.5 Å². The van der Waals surface area contributed by atoms with Gasteiger partial charge in [0.05, 0.1) is 6.20 Å². The zero-order valence-electron chi connectivity index (χ0n) is 10.7. The SMILES string of the molecule is CC(C)(C)[C@H](NC(=O)NCc1cn[nH]c1)C(=O)O. The second kappa shape index (κ2) is 5.52. The highest BCUT2D eigenvalue weighted by Gasteiger charge is 2.32. The summed E-state index contributed by atoms with van der Waals surface area (Å²) in [6.45, 7) is 5.55. The van der Waals surface area contributed by atoms with E-state index in [1.807, 2.05) is 0 Å². The van der Waals surface area contributed by atoms with Gasteiger partial charge in [0.25, 0.3) is 0 Å². The number of hydrogen-bond acceptors (Lipinski definition) is 3. The molecule has 100 valence electrons. The van der Waals surface area contributed by atoms with Crippen molar-refractivity contribution in [1.29, 1.82) is 0 Å². The minimum Gasteiger partial charge on any atom is -0.480 e. The number of aliphatic carboxylic acids is 1. The van der Waals surface area contributed by atoms with Gasteiger partial charge >= 0.3 is 12.0 Å². The summed E-state index contributed by atoms with van der Waals surface area (Å²) in [5.41, 5.74) is 0.256. The molecule has 1 aromatic rings. The predicted molar refractivity (Wildman–Crippen MR) is 64.8 cm³/mol. The molecule has 7 heteroatoms. The summed E-state index contributed by atoms with van der Waals surface area (Å²) in [6, 6.07) is -1.46. The van der Waals surface area contributed by atoms with E-state index in [2.05, 4.69) is 20.8 Å². The molecular formula is C11H18N4O3. The van der Waals surface area contributed by atoms with Crippen molar-refractivity contribution in [3.8, 4) is 0 Å². The van der Waals surface area contributed by atoms with Crippen LogP contribution >= 0.6 is 0 Å². The molecule has 0 radical (unpaired) electrons. The van der Waals surface area contributed by atoms with Crippen molar-refractivity contribution >= 4 is 12.0 Å². The lowest BCUT2D eigenvalue weighted by atomic mass is 9.87. The van der Waals surface area contributed by atoms with Crippen molar-refractivity contribution < 1.29 is 14.7 Å². The Morgan fingerprint density at radius 2 is 2.17 bits per heavy atom. The van der Waals surface area contributed by atoms with Crippen molar-refractivity contribution in [2.45, 2.75) is 33.4 Å². The van der Waals surface area contributed by atoms with Crippen molar-refractivity contribution in [2.24, 2.45) is 5.41 Å². The third kappa shape index (κ3) is 4.08. The highest BCUT2D eigenvalue weighted by molar-refractivity contribution is 5.83. The standard InChI is InChI=1S/C11H18N4O3/c1-11(2,3)8(9(16)17)15-10(18)12-4-7-5-13-14-6-7/h5-6,8H,4H2,1-3H3,(H,13,14)(H,16,17)(H2,12,15,18)/t8-/m1/s1. The molecule has 2 amide bonds. The van der Waals surface area contributed by atoms with Crippen LogP contribution in [0.5, 0.6) is 0 Å². The summed E-state index contributed by atoms with van der Waals surface area (Å²) < 4.78 is 0. The Morgan fingerprint density at radius 1 is 1.50 bits per heavy atom. The molecule has 0 aromatic carbocycles. The number of nitrogens with one attached hydrogen (secondary N) is 3. The molecule has 0 aliphatic carbocycles. The molecule has 0 saturated carbocycles. The van der Waals surface area contributed by atoms with Crippen LogP contribution in [0.1, 0.15) is 26.3 Å². The number of hydrogen-bond donors (Lipinski definition) is 4. The third-order valence-electron chi connectivity index (χ3n) is 2.40. The summed E-state index contributed by atoms with van der Waals surface area (Å²) in [5.74, 6) is -1.05. The van der Waals surface area contributed by atoms with E-state index in [-0.39, 0.29) is 0 Å². The maximum Gasteiger partial charge on any atom is 0.326 e. The molecule has 0 aliphatic rings. The van der Waals surface area contributed by atoms with Gasteiger partial charge in [-0.3, -0.25) is 5.10 Å². The molecule has 1 aromatic heterocycles. The van der Waals surface area contributed by atoms with Crippen LogP contribution in [0.4, 0.5) is 4.79 Å². The molecule has 0 unspecified atom stereocenters. The normalized spacial score (nSPS) is 12.8. The van der Waals surface area contributed by atoms with Gasteiger partial charge in [0, 0.05) is 18.3 Å². The highest BCUT2D eigenvalue weighted by Crippen LogP contribution is 2.19.